The fourth-order valence-electron chi connectivity index (χ4n) is 4.24. The molecule has 0 aliphatic heterocycles. The Balaban J connectivity index is 1.80. The molecule has 0 saturated carbocycles. The summed E-state index contributed by atoms with van der Waals surface area (Å²) in [6.07, 6.45) is 9.09. The van der Waals surface area contributed by atoms with E-state index in [1.165, 1.54) is 25.7 Å². The predicted molar refractivity (Wildman–Crippen MR) is 134 cm³/mol. The van der Waals surface area contributed by atoms with Crippen LogP contribution in [0.2, 0.25) is 0 Å². The highest BCUT2D eigenvalue weighted by molar-refractivity contribution is 5.88. The highest BCUT2D eigenvalue weighted by atomic mass is 16.3. The van der Waals surface area contributed by atoms with E-state index in [0.29, 0.717) is 0 Å². The fraction of sp³-hybridized carbons (Fsp3) is 0.333. The maximum atomic E-state index is 6.46. The fourth-order valence-corrected chi connectivity index (χ4v) is 4.24. The van der Waals surface area contributed by atoms with E-state index >= 15 is 0 Å². The number of hydrogen-bond donors (Lipinski definition) is 0. The van der Waals surface area contributed by atoms with Crippen molar-refractivity contribution in [3.63, 3.8) is 0 Å². The van der Waals surface area contributed by atoms with Gasteiger partial charge in [-0.2, -0.15) is 0 Å². The molecule has 4 rings (SSSR count). The molecule has 166 valence electrons. The van der Waals surface area contributed by atoms with Gasteiger partial charge in [-0.25, -0.2) is 0 Å². The number of unbranched alkanes of at least 4 members (excludes halogenated alkanes) is 4. The highest BCUT2D eigenvalue weighted by Gasteiger charge is 2.22. The van der Waals surface area contributed by atoms with E-state index in [1.807, 2.05) is 12.1 Å². The van der Waals surface area contributed by atoms with Crippen molar-refractivity contribution in [2.45, 2.75) is 65.2 Å². The second-order valence-corrected chi connectivity index (χ2v) is 8.56. The Kier molecular flexibility index (Phi) is 7.66. The highest BCUT2D eigenvalue weighted by Crippen LogP contribution is 2.42. The molecule has 32 heavy (non-hydrogen) atoms. The smallest absolute Gasteiger partial charge is 0.142 e. The van der Waals surface area contributed by atoms with Crippen molar-refractivity contribution >= 4 is 0 Å². The molecule has 0 fully saturated rings. The van der Waals surface area contributed by atoms with Gasteiger partial charge >= 0.3 is 0 Å². The molecule has 0 spiro atoms. The van der Waals surface area contributed by atoms with Crippen molar-refractivity contribution in [2.24, 2.45) is 0 Å². The van der Waals surface area contributed by atoms with Gasteiger partial charge in [0.05, 0.1) is 0 Å². The third kappa shape index (κ3) is 5.24. The molecule has 0 radical (unpaired) electrons. The molecule has 2 heteroatoms. The van der Waals surface area contributed by atoms with Crippen LogP contribution < -0.4 is 0 Å². The van der Waals surface area contributed by atoms with Crippen LogP contribution in [0.4, 0.5) is 0 Å². The van der Waals surface area contributed by atoms with Crippen LogP contribution in [0.15, 0.2) is 81.6 Å². The average Bonchev–Trinajstić information content (AvgIpc) is 3.45. The zero-order valence-corrected chi connectivity index (χ0v) is 19.4. The third-order valence-electron chi connectivity index (χ3n) is 5.98. The number of furan rings is 2. The van der Waals surface area contributed by atoms with Crippen LogP contribution in [-0.4, -0.2) is 0 Å². The molecule has 2 aromatic heterocycles. The van der Waals surface area contributed by atoms with Gasteiger partial charge in [0.1, 0.15) is 23.0 Å². The molecular formula is C30H34O2. The molecule has 0 N–H and O–H groups in total. The van der Waals surface area contributed by atoms with Crippen molar-refractivity contribution in [2.75, 3.05) is 0 Å². The van der Waals surface area contributed by atoms with Crippen molar-refractivity contribution < 1.29 is 8.83 Å². The van der Waals surface area contributed by atoms with Crippen LogP contribution in [0.1, 0.15) is 63.9 Å². The largest absolute Gasteiger partial charge is 0.460 e. The van der Waals surface area contributed by atoms with Crippen molar-refractivity contribution in [1.29, 1.82) is 0 Å². The Bertz CT molecular complexity index is 997. The van der Waals surface area contributed by atoms with Crippen molar-refractivity contribution in [3.8, 4) is 33.8 Å². The topological polar surface area (TPSA) is 26.3 Å². The first-order valence-corrected chi connectivity index (χ1v) is 12.2. The van der Waals surface area contributed by atoms with Crippen LogP contribution in [0.25, 0.3) is 33.8 Å². The number of benzene rings is 2. The van der Waals surface area contributed by atoms with Gasteiger partial charge in [-0.05, 0) is 25.0 Å². The van der Waals surface area contributed by atoms with Gasteiger partial charge in [0.15, 0.2) is 0 Å². The molecule has 2 nitrogen and oxygen atoms in total. The van der Waals surface area contributed by atoms with Gasteiger partial charge in [-0.1, -0.05) is 100 Å². The first kappa shape index (κ1) is 22.2. The van der Waals surface area contributed by atoms with E-state index in [2.05, 4.69) is 74.5 Å². The zero-order valence-electron chi connectivity index (χ0n) is 19.4. The van der Waals surface area contributed by atoms with Gasteiger partial charge in [0.2, 0.25) is 0 Å². The molecule has 0 saturated heterocycles. The lowest BCUT2D eigenvalue weighted by Crippen LogP contribution is -1.82. The normalized spacial score (nSPS) is 11.2. The van der Waals surface area contributed by atoms with E-state index in [1.54, 1.807) is 0 Å². The lowest BCUT2D eigenvalue weighted by atomic mass is 9.98. The van der Waals surface area contributed by atoms with Crippen molar-refractivity contribution in [1.82, 2.24) is 0 Å². The summed E-state index contributed by atoms with van der Waals surface area (Å²) in [5.74, 6) is 3.99. The average molecular weight is 427 g/mol. The molecule has 0 atom stereocenters. The molecule has 0 bridgehead atoms. The quantitative estimate of drug-likeness (QED) is 0.223. The van der Waals surface area contributed by atoms with Crippen LogP contribution in [0.5, 0.6) is 0 Å². The Morgan fingerprint density at radius 2 is 0.938 bits per heavy atom. The Hall–Kier alpha value is -3.00. The summed E-state index contributed by atoms with van der Waals surface area (Å²) >= 11 is 0. The summed E-state index contributed by atoms with van der Waals surface area (Å²) in [6.45, 7) is 4.47. The Morgan fingerprint density at radius 3 is 1.31 bits per heavy atom. The van der Waals surface area contributed by atoms with Gasteiger partial charge in [-0.15, -0.1) is 0 Å². The van der Waals surface area contributed by atoms with Crippen LogP contribution in [-0.2, 0) is 12.8 Å². The second-order valence-electron chi connectivity index (χ2n) is 8.56. The van der Waals surface area contributed by atoms with Crippen LogP contribution >= 0.6 is 0 Å². The molecular weight excluding hydrogens is 392 g/mol. The van der Waals surface area contributed by atoms with Gasteiger partial charge in [-0.3, -0.25) is 0 Å². The first-order valence-electron chi connectivity index (χ1n) is 12.2. The molecule has 0 amide bonds. The summed E-state index contributed by atoms with van der Waals surface area (Å²) in [5, 5.41) is 0. The number of rotatable bonds is 11. The Morgan fingerprint density at radius 1 is 0.531 bits per heavy atom. The number of hydrogen-bond acceptors (Lipinski definition) is 2. The first-order chi connectivity index (χ1) is 15.8. The molecule has 4 aromatic rings. The third-order valence-corrected chi connectivity index (χ3v) is 5.98. The predicted octanol–water partition coefficient (Wildman–Crippen LogP) is 9.34. The van der Waals surface area contributed by atoms with Gasteiger partial charge < -0.3 is 8.83 Å². The summed E-state index contributed by atoms with van der Waals surface area (Å²) in [7, 11) is 0. The van der Waals surface area contributed by atoms with E-state index in [-0.39, 0.29) is 0 Å². The lowest BCUT2D eigenvalue weighted by Gasteiger charge is -2.04. The molecule has 0 aliphatic carbocycles. The molecule has 2 aromatic carbocycles. The van der Waals surface area contributed by atoms with E-state index in [4.69, 9.17) is 8.83 Å². The summed E-state index contributed by atoms with van der Waals surface area (Å²) in [6, 6.07) is 25.4. The minimum atomic E-state index is 0.940. The zero-order chi connectivity index (χ0) is 22.2. The molecule has 0 unspecified atom stereocenters. The minimum Gasteiger partial charge on any atom is -0.460 e. The van der Waals surface area contributed by atoms with Crippen LogP contribution in [0.3, 0.4) is 0 Å². The van der Waals surface area contributed by atoms with Crippen LogP contribution in [0, 0.1) is 0 Å². The second kappa shape index (κ2) is 11.0. The Labute approximate surface area is 192 Å². The maximum absolute atomic E-state index is 6.46. The molecule has 2 heterocycles. The van der Waals surface area contributed by atoms with E-state index in [9.17, 15) is 0 Å². The molecule has 0 aliphatic rings. The minimum absolute atomic E-state index is 0.940. The summed E-state index contributed by atoms with van der Waals surface area (Å²) in [5.41, 5.74) is 4.48. The van der Waals surface area contributed by atoms with Gasteiger partial charge in [0, 0.05) is 35.1 Å². The van der Waals surface area contributed by atoms with E-state index < -0.39 is 0 Å². The number of aryl methyl sites for hydroxylation is 2. The van der Waals surface area contributed by atoms with Crippen molar-refractivity contribution in [3.05, 3.63) is 84.3 Å². The standard InChI is InChI=1S/C30H34O2/c1-3-5-9-19-25-21-27(29(31-25)23-15-11-7-12-16-23)28-22-26(20-10-6-4-2)32-30(28)24-17-13-8-14-18-24/h7-8,11-18,21-22H,3-6,9-10,19-20H2,1-2H3. The summed E-state index contributed by atoms with van der Waals surface area (Å²) in [4.78, 5) is 0. The monoisotopic (exact) mass is 426 g/mol. The maximum Gasteiger partial charge on any atom is 0.142 e. The SMILES string of the molecule is CCCCCc1cc(-c2cc(CCCCC)oc2-c2ccccc2)c(-c2ccccc2)o1. The van der Waals surface area contributed by atoms with Gasteiger partial charge in [0.25, 0.3) is 0 Å². The van der Waals surface area contributed by atoms with E-state index in [0.717, 1.165) is 71.0 Å². The lowest BCUT2D eigenvalue weighted by molar-refractivity contribution is 0.507. The summed E-state index contributed by atoms with van der Waals surface area (Å²) < 4.78 is 12.9.